The van der Waals surface area contributed by atoms with Gasteiger partial charge in [-0.3, -0.25) is 9.48 Å². The van der Waals surface area contributed by atoms with E-state index in [1.807, 2.05) is 38.1 Å². The quantitative estimate of drug-likeness (QED) is 0.714. The van der Waals surface area contributed by atoms with Crippen LogP contribution in [0.1, 0.15) is 28.9 Å². The summed E-state index contributed by atoms with van der Waals surface area (Å²) < 4.78 is 1.66. The number of aryl methyl sites for hydroxylation is 2. The smallest absolute Gasteiger partial charge is 0.257 e. The van der Waals surface area contributed by atoms with Crippen molar-refractivity contribution < 1.29 is 4.79 Å². The van der Waals surface area contributed by atoms with Gasteiger partial charge < -0.3 is 9.80 Å². The molecular formula is C20H24N6O. The lowest BCUT2D eigenvalue weighted by atomic mass is 10.0. The molecule has 1 aromatic carbocycles. The number of carbonyl (C=O) groups is 1. The van der Waals surface area contributed by atoms with Crippen LogP contribution < -0.4 is 4.90 Å². The van der Waals surface area contributed by atoms with Crippen molar-refractivity contribution in [2.24, 2.45) is 7.05 Å². The number of aromatic nitrogens is 4. The monoisotopic (exact) mass is 364 g/mol. The van der Waals surface area contributed by atoms with E-state index < -0.39 is 0 Å². The second kappa shape index (κ2) is 6.98. The minimum atomic E-state index is 0.0297. The molecule has 0 radical (unpaired) electrons. The van der Waals surface area contributed by atoms with Gasteiger partial charge >= 0.3 is 0 Å². The first-order valence-corrected chi connectivity index (χ1v) is 9.27. The molecule has 3 aromatic rings. The maximum Gasteiger partial charge on any atom is 0.257 e. The van der Waals surface area contributed by atoms with Crippen molar-refractivity contribution in [1.29, 1.82) is 0 Å². The first-order chi connectivity index (χ1) is 13.0. The van der Waals surface area contributed by atoms with Crippen molar-refractivity contribution in [3.63, 3.8) is 0 Å². The average Bonchev–Trinajstić information content (AvgIpc) is 3.14. The van der Waals surface area contributed by atoms with Gasteiger partial charge in [0.2, 0.25) is 0 Å². The van der Waals surface area contributed by atoms with Gasteiger partial charge in [0.05, 0.1) is 17.5 Å². The van der Waals surface area contributed by atoms with Crippen LogP contribution in [0.5, 0.6) is 0 Å². The van der Waals surface area contributed by atoms with Gasteiger partial charge in [0.15, 0.2) is 5.82 Å². The lowest BCUT2D eigenvalue weighted by Crippen LogP contribution is -2.46. The number of nitrogens with zero attached hydrogens (tertiary/aromatic N) is 6. The van der Waals surface area contributed by atoms with Crippen LogP contribution >= 0.6 is 0 Å². The van der Waals surface area contributed by atoms with E-state index >= 15 is 0 Å². The predicted molar refractivity (Wildman–Crippen MR) is 105 cm³/mol. The average molecular weight is 364 g/mol. The number of piperidine rings is 1. The van der Waals surface area contributed by atoms with Gasteiger partial charge in [-0.15, -0.1) is 5.10 Å². The molecule has 0 saturated carbocycles. The minimum absolute atomic E-state index is 0.0297. The van der Waals surface area contributed by atoms with Crippen molar-refractivity contribution in [3.05, 3.63) is 47.9 Å². The summed E-state index contributed by atoms with van der Waals surface area (Å²) in [6, 6.07) is 8.50. The SMILES string of the molecule is Cc1nnc(N2CCC(N(C)C(=O)c3cnn(C)c3)CC2)c2ccccc12. The Labute approximate surface area is 158 Å². The molecule has 27 heavy (non-hydrogen) atoms. The summed E-state index contributed by atoms with van der Waals surface area (Å²) in [4.78, 5) is 16.8. The largest absolute Gasteiger partial charge is 0.354 e. The Kier molecular flexibility index (Phi) is 4.51. The highest BCUT2D eigenvalue weighted by atomic mass is 16.2. The summed E-state index contributed by atoms with van der Waals surface area (Å²) in [5.74, 6) is 0.970. The Morgan fingerprint density at radius 3 is 2.52 bits per heavy atom. The molecule has 2 aromatic heterocycles. The molecule has 0 unspecified atom stereocenters. The molecule has 4 rings (SSSR count). The molecule has 1 amide bonds. The second-order valence-electron chi connectivity index (χ2n) is 7.19. The summed E-state index contributed by atoms with van der Waals surface area (Å²) in [6.07, 6.45) is 5.21. The van der Waals surface area contributed by atoms with Crippen molar-refractivity contribution in [3.8, 4) is 0 Å². The molecule has 1 saturated heterocycles. The molecular weight excluding hydrogens is 340 g/mol. The molecule has 0 N–H and O–H groups in total. The van der Waals surface area contributed by atoms with Crippen LogP contribution in [0.3, 0.4) is 0 Å². The highest BCUT2D eigenvalue weighted by Gasteiger charge is 2.28. The highest BCUT2D eigenvalue weighted by molar-refractivity contribution is 5.94. The third-order valence-electron chi connectivity index (χ3n) is 5.44. The summed E-state index contributed by atoms with van der Waals surface area (Å²) in [5.41, 5.74) is 1.59. The maximum absolute atomic E-state index is 12.7. The van der Waals surface area contributed by atoms with Crippen LogP contribution in [0, 0.1) is 6.92 Å². The van der Waals surface area contributed by atoms with Crippen molar-refractivity contribution >= 4 is 22.5 Å². The number of amides is 1. The number of carbonyl (C=O) groups excluding carboxylic acids is 1. The summed E-state index contributed by atoms with van der Waals surface area (Å²) in [5, 5.41) is 15.2. The van der Waals surface area contributed by atoms with Gasteiger partial charge in [-0.1, -0.05) is 24.3 Å². The third kappa shape index (κ3) is 3.25. The fourth-order valence-electron chi connectivity index (χ4n) is 3.82. The zero-order valence-corrected chi connectivity index (χ0v) is 16.0. The molecule has 0 spiro atoms. The van der Waals surface area contributed by atoms with Gasteiger partial charge in [-0.2, -0.15) is 10.2 Å². The molecule has 0 atom stereocenters. The zero-order chi connectivity index (χ0) is 19.0. The van der Waals surface area contributed by atoms with Gasteiger partial charge in [-0.25, -0.2) is 0 Å². The highest BCUT2D eigenvalue weighted by Crippen LogP contribution is 2.28. The van der Waals surface area contributed by atoms with Crippen molar-refractivity contribution in [2.45, 2.75) is 25.8 Å². The van der Waals surface area contributed by atoms with E-state index in [2.05, 4.69) is 32.3 Å². The Hall–Kier alpha value is -2.96. The summed E-state index contributed by atoms with van der Waals surface area (Å²) in [6.45, 7) is 3.71. The maximum atomic E-state index is 12.7. The van der Waals surface area contributed by atoms with E-state index in [4.69, 9.17) is 0 Å². The molecule has 7 nitrogen and oxygen atoms in total. The topological polar surface area (TPSA) is 67.2 Å². The summed E-state index contributed by atoms with van der Waals surface area (Å²) in [7, 11) is 3.71. The zero-order valence-electron chi connectivity index (χ0n) is 16.0. The number of benzene rings is 1. The number of hydrogen-bond acceptors (Lipinski definition) is 5. The molecule has 0 bridgehead atoms. The predicted octanol–water partition coefficient (Wildman–Crippen LogP) is 2.41. The van der Waals surface area contributed by atoms with Crippen LogP contribution in [0.4, 0.5) is 5.82 Å². The van der Waals surface area contributed by atoms with E-state index in [0.29, 0.717) is 5.56 Å². The minimum Gasteiger partial charge on any atom is -0.354 e. The first kappa shape index (κ1) is 17.5. The Morgan fingerprint density at radius 2 is 1.85 bits per heavy atom. The third-order valence-corrected chi connectivity index (χ3v) is 5.44. The first-order valence-electron chi connectivity index (χ1n) is 9.27. The molecule has 140 valence electrons. The second-order valence-corrected chi connectivity index (χ2v) is 7.19. The molecule has 1 aliphatic rings. The number of anilines is 1. The standard InChI is InChI=1S/C20H24N6O/c1-14-17-6-4-5-7-18(17)19(23-22-14)26-10-8-16(9-11-26)25(3)20(27)15-12-21-24(2)13-15/h4-7,12-13,16H,8-11H2,1-3H3. The fourth-order valence-corrected chi connectivity index (χ4v) is 3.82. The van der Waals surface area contributed by atoms with Crippen molar-refractivity contribution in [1.82, 2.24) is 24.9 Å². The van der Waals surface area contributed by atoms with Crippen LogP contribution in [0.2, 0.25) is 0 Å². The van der Waals surface area contributed by atoms with E-state index in [1.54, 1.807) is 17.1 Å². The number of rotatable bonds is 3. The Bertz CT molecular complexity index is 974. The van der Waals surface area contributed by atoms with E-state index in [1.165, 1.54) is 0 Å². The van der Waals surface area contributed by atoms with Crippen LogP contribution in [-0.4, -0.2) is 57.0 Å². The fraction of sp³-hybridized carbons (Fsp3) is 0.400. The van der Waals surface area contributed by atoms with E-state index in [0.717, 1.165) is 48.2 Å². The van der Waals surface area contributed by atoms with Crippen LogP contribution in [-0.2, 0) is 7.05 Å². The van der Waals surface area contributed by atoms with Gasteiger partial charge in [-0.05, 0) is 19.8 Å². The molecule has 3 heterocycles. The van der Waals surface area contributed by atoms with Gasteiger partial charge in [0, 0.05) is 50.2 Å². The van der Waals surface area contributed by atoms with Crippen LogP contribution in [0.15, 0.2) is 36.7 Å². The Balaban J connectivity index is 1.48. The number of hydrogen-bond donors (Lipinski definition) is 0. The molecule has 1 fully saturated rings. The molecule has 1 aliphatic heterocycles. The lowest BCUT2D eigenvalue weighted by Gasteiger charge is -2.37. The number of fused-ring (bicyclic) bond motifs is 1. The Morgan fingerprint density at radius 1 is 1.15 bits per heavy atom. The van der Waals surface area contributed by atoms with E-state index in [-0.39, 0.29) is 11.9 Å². The van der Waals surface area contributed by atoms with Crippen LogP contribution in [0.25, 0.3) is 10.8 Å². The lowest BCUT2D eigenvalue weighted by molar-refractivity contribution is 0.0709. The van der Waals surface area contributed by atoms with E-state index in [9.17, 15) is 4.79 Å². The van der Waals surface area contributed by atoms with Gasteiger partial charge in [0.25, 0.3) is 5.91 Å². The molecule has 7 heteroatoms. The normalized spacial score (nSPS) is 15.3. The van der Waals surface area contributed by atoms with Gasteiger partial charge in [0.1, 0.15) is 0 Å². The summed E-state index contributed by atoms with van der Waals surface area (Å²) >= 11 is 0. The molecule has 0 aliphatic carbocycles. The van der Waals surface area contributed by atoms with Crippen molar-refractivity contribution in [2.75, 3.05) is 25.0 Å².